The molecule has 0 fully saturated rings. The number of benzene rings is 2. The highest BCUT2D eigenvalue weighted by Gasteiger charge is 2.09. The number of nitrogens with zero attached hydrogens (tertiary/aromatic N) is 1. The smallest absolute Gasteiger partial charge is 0.271 e. The third-order valence-corrected chi connectivity index (χ3v) is 3.77. The maximum absolute atomic E-state index is 10.8. The summed E-state index contributed by atoms with van der Waals surface area (Å²) in [5, 5.41) is 17.4. The standard InChI is InChI=1S/C17H19N3O2S/c1-3-13-7-9-14(10-8-13)12(2)18-17(23)19-15-5-4-6-16(11-15)20(21)22/h4-12H,3H2,1-2H3,(H2,18,19,23). The molecule has 2 rings (SSSR count). The highest BCUT2D eigenvalue weighted by molar-refractivity contribution is 7.80. The summed E-state index contributed by atoms with van der Waals surface area (Å²) in [5.41, 5.74) is 3.04. The molecule has 2 N–H and O–H groups in total. The normalized spacial score (nSPS) is 11.6. The van der Waals surface area contributed by atoms with E-state index in [1.807, 2.05) is 6.92 Å². The SMILES string of the molecule is CCc1ccc(C(C)NC(=S)Nc2cccc([N+](=O)[O-])c2)cc1. The first-order valence-corrected chi connectivity index (χ1v) is 7.81. The Labute approximate surface area is 140 Å². The van der Waals surface area contributed by atoms with Gasteiger partial charge in [-0.15, -0.1) is 0 Å². The molecule has 0 aliphatic carbocycles. The van der Waals surface area contributed by atoms with Crippen molar-refractivity contribution in [3.63, 3.8) is 0 Å². The van der Waals surface area contributed by atoms with Gasteiger partial charge in [-0.2, -0.15) is 0 Å². The van der Waals surface area contributed by atoms with Crippen molar-refractivity contribution in [1.82, 2.24) is 5.32 Å². The average molecular weight is 329 g/mol. The highest BCUT2D eigenvalue weighted by Crippen LogP contribution is 2.18. The van der Waals surface area contributed by atoms with Crippen LogP contribution in [0.25, 0.3) is 0 Å². The molecule has 6 heteroatoms. The molecule has 0 saturated heterocycles. The van der Waals surface area contributed by atoms with E-state index >= 15 is 0 Å². The predicted octanol–water partition coefficient (Wildman–Crippen LogP) is 4.20. The Morgan fingerprint density at radius 1 is 1.26 bits per heavy atom. The van der Waals surface area contributed by atoms with E-state index in [1.165, 1.54) is 17.7 Å². The minimum Gasteiger partial charge on any atom is -0.356 e. The van der Waals surface area contributed by atoms with Gasteiger partial charge >= 0.3 is 0 Å². The summed E-state index contributed by atoms with van der Waals surface area (Å²) in [6.07, 6.45) is 1.01. The van der Waals surface area contributed by atoms with Crippen LogP contribution in [0.15, 0.2) is 48.5 Å². The number of nitro groups is 1. The second-order valence-corrected chi connectivity index (χ2v) is 5.63. The lowest BCUT2D eigenvalue weighted by Gasteiger charge is -2.17. The Balaban J connectivity index is 1.98. The molecule has 0 spiro atoms. The van der Waals surface area contributed by atoms with Gasteiger partial charge < -0.3 is 10.6 Å². The van der Waals surface area contributed by atoms with Gasteiger partial charge in [0.2, 0.25) is 0 Å². The Hall–Kier alpha value is -2.47. The van der Waals surface area contributed by atoms with Crippen LogP contribution in [0.1, 0.15) is 31.0 Å². The van der Waals surface area contributed by atoms with E-state index < -0.39 is 4.92 Å². The topological polar surface area (TPSA) is 67.2 Å². The number of thiocarbonyl (C=S) groups is 1. The van der Waals surface area contributed by atoms with Crippen LogP contribution in [0.2, 0.25) is 0 Å². The molecule has 0 aromatic heterocycles. The number of hydrogen-bond donors (Lipinski definition) is 2. The Morgan fingerprint density at radius 2 is 1.96 bits per heavy atom. The molecule has 0 aliphatic heterocycles. The molecule has 2 aromatic rings. The van der Waals surface area contributed by atoms with E-state index in [0.29, 0.717) is 10.8 Å². The van der Waals surface area contributed by atoms with Crippen LogP contribution >= 0.6 is 12.2 Å². The largest absolute Gasteiger partial charge is 0.356 e. The minimum absolute atomic E-state index is 0.0287. The van der Waals surface area contributed by atoms with E-state index in [4.69, 9.17) is 12.2 Å². The number of non-ortho nitro benzene ring substituents is 1. The molecule has 0 bridgehead atoms. The molecular formula is C17H19N3O2S. The Bertz CT molecular complexity index is 701. The van der Waals surface area contributed by atoms with Gasteiger partial charge in [-0.05, 0) is 42.8 Å². The van der Waals surface area contributed by atoms with Crippen molar-refractivity contribution in [2.75, 3.05) is 5.32 Å². The Kier molecular flexibility index (Phi) is 5.65. The van der Waals surface area contributed by atoms with Crippen molar-refractivity contribution in [3.8, 4) is 0 Å². The van der Waals surface area contributed by atoms with Crippen molar-refractivity contribution >= 4 is 28.7 Å². The van der Waals surface area contributed by atoms with E-state index in [9.17, 15) is 10.1 Å². The molecule has 0 radical (unpaired) electrons. The third kappa shape index (κ3) is 4.75. The van der Waals surface area contributed by atoms with Crippen LogP contribution in [0.3, 0.4) is 0 Å². The van der Waals surface area contributed by atoms with Crippen molar-refractivity contribution in [2.24, 2.45) is 0 Å². The van der Waals surface area contributed by atoms with Crippen LogP contribution < -0.4 is 10.6 Å². The molecular weight excluding hydrogens is 310 g/mol. The fourth-order valence-corrected chi connectivity index (χ4v) is 2.48. The van der Waals surface area contributed by atoms with Gasteiger partial charge in [0.1, 0.15) is 0 Å². The number of anilines is 1. The maximum atomic E-state index is 10.8. The highest BCUT2D eigenvalue weighted by atomic mass is 32.1. The molecule has 0 saturated carbocycles. The van der Waals surface area contributed by atoms with Gasteiger partial charge in [-0.25, -0.2) is 0 Å². The quantitative estimate of drug-likeness (QED) is 0.489. The van der Waals surface area contributed by atoms with Crippen LogP contribution in [-0.2, 0) is 6.42 Å². The fraction of sp³-hybridized carbons (Fsp3) is 0.235. The molecule has 1 atom stereocenters. The zero-order chi connectivity index (χ0) is 16.8. The summed E-state index contributed by atoms with van der Waals surface area (Å²) >= 11 is 5.28. The minimum atomic E-state index is -0.431. The number of nitro benzene ring substituents is 1. The van der Waals surface area contributed by atoms with Gasteiger partial charge in [-0.1, -0.05) is 37.3 Å². The maximum Gasteiger partial charge on any atom is 0.271 e. The van der Waals surface area contributed by atoms with Gasteiger partial charge in [0, 0.05) is 17.8 Å². The van der Waals surface area contributed by atoms with E-state index in [-0.39, 0.29) is 11.7 Å². The number of nitrogens with one attached hydrogen (secondary N) is 2. The second-order valence-electron chi connectivity index (χ2n) is 5.22. The predicted molar refractivity (Wildman–Crippen MR) is 96.7 cm³/mol. The first kappa shape index (κ1) is 16.9. The first-order valence-electron chi connectivity index (χ1n) is 7.40. The van der Waals surface area contributed by atoms with Crippen LogP contribution in [0.5, 0.6) is 0 Å². The summed E-state index contributed by atoms with van der Waals surface area (Å²) in [4.78, 5) is 10.4. The van der Waals surface area contributed by atoms with Crippen molar-refractivity contribution < 1.29 is 4.92 Å². The van der Waals surface area contributed by atoms with Gasteiger partial charge in [0.15, 0.2) is 5.11 Å². The zero-order valence-corrected chi connectivity index (χ0v) is 13.9. The summed E-state index contributed by atoms with van der Waals surface area (Å²) < 4.78 is 0. The van der Waals surface area contributed by atoms with Crippen molar-refractivity contribution in [3.05, 3.63) is 69.8 Å². The number of rotatable bonds is 5. The molecule has 0 heterocycles. The van der Waals surface area contributed by atoms with Crippen LogP contribution in [0.4, 0.5) is 11.4 Å². The van der Waals surface area contributed by atoms with Gasteiger partial charge in [0.05, 0.1) is 11.0 Å². The number of aryl methyl sites for hydroxylation is 1. The summed E-state index contributed by atoms with van der Waals surface area (Å²) in [5.74, 6) is 0. The summed E-state index contributed by atoms with van der Waals surface area (Å²) in [7, 11) is 0. The van der Waals surface area contributed by atoms with Crippen molar-refractivity contribution in [1.29, 1.82) is 0 Å². The van der Waals surface area contributed by atoms with Crippen LogP contribution in [-0.4, -0.2) is 10.0 Å². The van der Waals surface area contributed by atoms with Crippen LogP contribution in [0, 0.1) is 10.1 Å². The molecule has 5 nitrogen and oxygen atoms in total. The van der Waals surface area contributed by atoms with E-state index in [1.54, 1.807) is 12.1 Å². The molecule has 23 heavy (non-hydrogen) atoms. The van der Waals surface area contributed by atoms with Gasteiger partial charge in [0.25, 0.3) is 5.69 Å². The van der Waals surface area contributed by atoms with E-state index in [2.05, 4.69) is 41.8 Å². The monoisotopic (exact) mass is 329 g/mol. The lowest BCUT2D eigenvalue weighted by atomic mass is 10.1. The third-order valence-electron chi connectivity index (χ3n) is 3.55. The lowest BCUT2D eigenvalue weighted by molar-refractivity contribution is -0.384. The molecule has 1 unspecified atom stereocenters. The molecule has 2 aromatic carbocycles. The lowest BCUT2D eigenvalue weighted by Crippen LogP contribution is -2.30. The Morgan fingerprint density at radius 3 is 2.57 bits per heavy atom. The van der Waals surface area contributed by atoms with Crippen molar-refractivity contribution in [2.45, 2.75) is 26.3 Å². The summed E-state index contributed by atoms with van der Waals surface area (Å²) in [6.45, 7) is 4.14. The number of hydrogen-bond acceptors (Lipinski definition) is 3. The first-order chi connectivity index (χ1) is 11.0. The summed E-state index contributed by atoms with van der Waals surface area (Å²) in [6, 6.07) is 14.7. The zero-order valence-electron chi connectivity index (χ0n) is 13.1. The molecule has 0 amide bonds. The second kappa shape index (κ2) is 7.69. The average Bonchev–Trinajstić information content (AvgIpc) is 2.55. The fourth-order valence-electron chi connectivity index (χ4n) is 2.19. The van der Waals surface area contributed by atoms with Gasteiger partial charge in [-0.3, -0.25) is 10.1 Å². The molecule has 0 aliphatic rings. The molecule has 120 valence electrons. The van der Waals surface area contributed by atoms with E-state index in [0.717, 1.165) is 12.0 Å².